The molecule has 60 heavy (non-hydrogen) atoms. The molecule has 0 radical (unpaired) electrons. The van der Waals surface area contributed by atoms with Crippen molar-refractivity contribution < 1.29 is 74.1 Å². The fourth-order valence-corrected chi connectivity index (χ4v) is 5.17. The number of hydrogen-bond donors (Lipinski definition) is 0. The van der Waals surface area contributed by atoms with Gasteiger partial charge in [0.2, 0.25) is 0 Å². The van der Waals surface area contributed by atoms with Gasteiger partial charge < -0.3 is 16.4 Å². The maximum absolute atomic E-state index is 13.6. The predicted octanol–water partition coefficient (Wildman–Crippen LogP) is 9.72. The van der Waals surface area contributed by atoms with Gasteiger partial charge in [0, 0.05) is 64.9 Å². The number of pyridine rings is 3. The molecule has 9 rings (SSSR count). The van der Waals surface area contributed by atoms with E-state index in [0.717, 1.165) is 46.9 Å². The summed E-state index contributed by atoms with van der Waals surface area (Å²) >= 11 is -0.444. The first-order valence-electron chi connectivity index (χ1n) is 15.7. The number of rotatable bonds is 3. The Kier molecular flexibility index (Phi) is 21.4. The topological polar surface area (TPSA) is 146 Å². The molecule has 9 nitrogen and oxygen atoms in total. The standard InChI is InChI=1S/C13H8F2N2.2C13H7F2N2.4ClH.2Ir.3H2O/c3*14-9-4-5-11(12(15)7-9)13-8-10-3-1-2-6-17(10)16-13;;;;;;;;;/h1-8H;2*1-4,6-8H;4*1H;;;3*1H2/q;2*-1;;;;;2*+3;;;/p-4. The Morgan fingerprint density at radius 1 is 0.467 bits per heavy atom. The monoisotopic (exact) mass is 1270 g/mol. The van der Waals surface area contributed by atoms with Crippen LogP contribution in [0, 0.1) is 47.0 Å². The van der Waals surface area contributed by atoms with Crippen LogP contribution in [0.3, 0.4) is 0 Å². The molecule has 3 aromatic carbocycles. The van der Waals surface area contributed by atoms with E-state index in [-0.39, 0.29) is 27.6 Å². The van der Waals surface area contributed by atoms with Crippen LogP contribution in [-0.2, 0) is 31.3 Å². The van der Waals surface area contributed by atoms with Crippen LogP contribution in [0.15, 0.2) is 134 Å². The molecule has 0 saturated heterocycles. The Balaban J connectivity index is 0.000000284. The SMILES string of the molecule is Fc1c[c-]c(-c2cc3ccccn3n2)c(F)c1.Fc1c[c-]c(-c2cc3ccccn3n2)c(F)c1.Fc1ccc(-c2cc3ccccn3n2)c(F)c1.O.O.O.[Cl][Ir+2].[Cl][Ir]([Cl])[Cl]. The normalized spacial score (nSPS) is 10.2. The van der Waals surface area contributed by atoms with Crippen LogP contribution in [0.25, 0.3) is 50.3 Å². The molecular weight excluding hydrogens is 1240 g/mol. The van der Waals surface area contributed by atoms with Crippen LogP contribution < -0.4 is 0 Å². The molecule has 0 aliphatic rings. The zero-order chi connectivity index (χ0) is 41.1. The van der Waals surface area contributed by atoms with Crippen LogP contribution in [0.1, 0.15) is 0 Å². The van der Waals surface area contributed by atoms with E-state index < -0.39 is 48.4 Å². The average molecular weight is 1270 g/mol. The third-order valence-corrected chi connectivity index (χ3v) is 7.54. The van der Waals surface area contributed by atoms with Gasteiger partial charge in [0.05, 0.1) is 22.2 Å². The van der Waals surface area contributed by atoms with Gasteiger partial charge in [-0.1, -0.05) is 53.6 Å². The summed E-state index contributed by atoms with van der Waals surface area (Å²) in [4.78, 5) is 0. The summed E-state index contributed by atoms with van der Waals surface area (Å²) in [7, 11) is 19.6. The van der Waals surface area contributed by atoms with Crippen molar-refractivity contribution in [3.8, 4) is 33.8 Å². The van der Waals surface area contributed by atoms with E-state index in [0.29, 0.717) is 22.6 Å². The van der Waals surface area contributed by atoms with Crippen molar-refractivity contribution in [2.24, 2.45) is 0 Å². The summed E-state index contributed by atoms with van der Waals surface area (Å²) in [6.07, 6.45) is 5.31. The van der Waals surface area contributed by atoms with Crippen LogP contribution >= 0.6 is 38.3 Å². The second kappa shape index (κ2) is 24.8. The molecular formula is C39H28Cl4F6Ir2N6O3. The molecule has 0 saturated carbocycles. The van der Waals surface area contributed by atoms with Crippen LogP contribution in [0.5, 0.6) is 0 Å². The van der Waals surface area contributed by atoms with Gasteiger partial charge in [-0.05, 0) is 54.6 Å². The van der Waals surface area contributed by atoms with Gasteiger partial charge in [-0.25, -0.2) is 23.5 Å². The van der Waals surface area contributed by atoms with E-state index in [1.807, 2.05) is 54.6 Å². The number of halogens is 10. The Hall–Kier alpha value is -4.35. The predicted molar refractivity (Wildman–Crippen MR) is 214 cm³/mol. The van der Waals surface area contributed by atoms with Crippen LogP contribution in [0.4, 0.5) is 26.3 Å². The van der Waals surface area contributed by atoms with Gasteiger partial charge >= 0.3 is 69.7 Å². The first kappa shape index (κ1) is 51.8. The van der Waals surface area contributed by atoms with E-state index in [2.05, 4.69) is 37.0 Å². The molecule has 320 valence electrons. The Bertz CT molecular complexity index is 2360. The quantitative estimate of drug-likeness (QED) is 0.128. The third kappa shape index (κ3) is 13.8. The van der Waals surface area contributed by atoms with Crippen molar-refractivity contribution in [3.63, 3.8) is 0 Å². The minimum absolute atomic E-state index is 0. The fraction of sp³-hybridized carbons (Fsp3) is 0. The molecule has 0 unspecified atom stereocenters. The molecule has 0 spiro atoms. The minimum atomic E-state index is -1.92. The van der Waals surface area contributed by atoms with Gasteiger partial charge in [-0.15, -0.1) is 24.3 Å². The van der Waals surface area contributed by atoms with Crippen molar-refractivity contribution in [1.82, 2.24) is 28.8 Å². The fourth-order valence-electron chi connectivity index (χ4n) is 5.17. The van der Waals surface area contributed by atoms with E-state index in [4.69, 9.17) is 28.8 Å². The average Bonchev–Trinajstić information content (AvgIpc) is 3.93. The Labute approximate surface area is 369 Å². The van der Waals surface area contributed by atoms with E-state index in [1.54, 1.807) is 50.3 Å². The maximum atomic E-state index is 13.6. The first-order valence-corrected chi connectivity index (χ1v) is 27.6. The van der Waals surface area contributed by atoms with Crippen molar-refractivity contribution in [1.29, 1.82) is 0 Å². The molecule has 0 aliphatic carbocycles. The summed E-state index contributed by atoms with van der Waals surface area (Å²) in [5.41, 5.74) is 4.59. The van der Waals surface area contributed by atoms with E-state index >= 15 is 0 Å². The molecule has 9 aromatic rings. The Morgan fingerprint density at radius 2 is 0.817 bits per heavy atom. The van der Waals surface area contributed by atoms with Crippen LogP contribution in [-0.4, -0.2) is 45.3 Å². The summed E-state index contributed by atoms with van der Waals surface area (Å²) in [5, 5.41) is 12.6. The second-order valence-electron chi connectivity index (χ2n) is 11.1. The number of hydrogen-bond acceptors (Lipinski definition) is 3. The van der Waals surface area contributed by atoms with E-state index in [9.17, 15) is 26.3 Å². The molecule has 0 amide bonds. The summed E-state index contributed by atoms with van der Waals surface area (Å²) < 4.78 is 83.9. The zero-order valence-electron chi connectivity index (χ0n) is 29.8. The molecule has 6 heterocycles. The number of benzene rings is 3. The Morgan fingerprint density at radius 3 is 1.17 bits per heavy atom. The molecule has 0 atom stereocenters. The van der Waals surface area contributed by atoms with Gasteiger partial charge in [0.25, 0.3) is 0 Å². The number of nitrogens with zero attached hydrogens (tertiary/aromatic N) is 6. The zero-order valence-corrected chi connectivity index (χ0v) is 37.6. The molecule has 0 bridgehead atoms. The number of fused-ring (bicyclic) bond motifs is 3. The third-order valence-electron chi connectivity index (χ3n) is 7.54. The van der Waals surface area contributed by atoms with E-state index in [1.165, 1.54) is 30.0 Å². The first-order chi connectivity index (χ1) is 27.4. The summed E-state index contributed by atoms with van der Waals surface area (Å²) in [6, 6.07) is 34.4. The van der Waals surface area contributed by atoms with Crippen molar-refractivity contribution in [2.75, 3.05) is 0 Å². The molecule has 21 heteroatoms. The summed E-state index contributed by atoms with van der Waals surface area (Å²) in [6.45, 7) is 0. The van der Waals surface area contributed by atoms with Gasteiger partial charge in [-0.2, -0.15) is 5.10 Å². The second-order valence-corrected chi connectivity index (χ2v) is 21.5. The van der Waals surface area contributed by atoms with Gasteiger partial charge in [-0.3, -0.25) is 26.6 Å². The molecule has 0 fully saturated rings. The number of aromatic nitrogens is 6. The van der Waals surface area contributed by atoms with Gasteiger partial charge in [0.15, 0.2) is 0 Å². The summed E-state index contributed by atoms with van der Waals surface area (Å²) in [5.74, 6) is -3.80. The van der Waals surface area contributed by atoms with Crippen molar-refractivity contribution in [2.45, 2.75) is 0 Å². The molecule has 6 aromatic heterocycles. The molecule has 0 aliphatic heterocycles. The van der Waals surface area contributed by atoms with Gasteiger partial charge in [0.1, 0.15) is 11.6 Å². The molecule has 6 N–H and O–H groups in total. The van der Waals surface area contributed by atoms with Crippen LogP contribution in [0.2, 0.25) is 0 Å². The van der Waals surface area contributed by atoms with Crippen molar-refractivity contribution in [3.05, 3.63) is 181 Å². The van der Waals surface area contributed by atoms with Crippen molar-refractivity contribution >= 4 is 54.9 Å².